The molecule has 0 bridgehead atoms. The van der Waals surface area contributed by atoms with Gasteiger partial charge < -0.3 is 10.5 Å². The molecule has 0 fully saturated rings. The standard InChI is InChI=1S/C12H20BrN3O2/c1-9(4-3-5-14)12(17)11-10(13)8-15-16(11)6-7-18-2/h8-9H,3-7,14H2,1-2H3. The minimum Gasteiger partial charge on any atom is -0.383 e. The molecular formula is C12H20BrN3O2. The van der Waals surface area contributed by atoms with Gasteiger partial charge in [-0.3, -0.25) is 9.48 Å². The van der Waals surface area contributed by atoms with Crippen molar-refractivity contribution in [3.05, 3.63) is 16.4 Å². The zero-order valence-electron chi connectivity index (χ0n) is 10.9. The zero-order valence-corrected chi connectivity index (χ0v) is 12.4. The molecule has 0 aliphatic carbocycles. The maximum atomic E-state index is 12.3. The minimum atomic E-state index is -0.0390. The van der Waals surface area contributed by atoms with E-state index in [1.165, 1.54) is 0 Å². The first kappa shape index (κ1) is 15.3. The van der Waals surface area contributed by atoms with Crippen LogP contribution >= 0.6 is 15.9 Å². The van der Waals surface area contributed by atoms with Gasteiger partial charge in [-0.1, -0.05) is 6.92 Å². The van der Waals surface area contributed by atoms with Crippen molar-refractivity contribution < 1.29 is 9.53 Å². The summed E-state index contributed by atoms with van der Waals surface area (Å²) in [6, 6.07) is 0. The van der Waals surface area contributed by atoms with Crippen LogP contribution in [0.3, 0.4) is 0 Å². The topological polar surface area (TPSA) is 70.1 Å². The molecule has 1 aromatic heterocycles. The SMILES string of the molecule is COCCn1ncc(Br)c1C(=O)C(C)CCCN. The fraction of sp³-hybridized carbons (Fsp3) is 0.667. The van der Waals surface area contributed by atoms with Crippen molar-refractivity contribution >= 4 is 21.7 Å². The highest BCUT2D eigenvalue weighted by Gasteiger charge is 2.22. The number of aromatic nitrogens is 2. The molecule has 0 aliphatic rings. The van der Waals surface area contributed by atoms with Crippen molar-refractivity contribution in [3.63, 3.8) is 0 Å². The molecule has 0 amide bonds. The second-order valence-electron chi connectivity index (χ2n) is 4.25. The highest BCUT2D eigenvalue weighted by atomic mass is 79.9. The minimum absolute atomic E-state index is 0.0390. The van der Waals surface area contributed by atoms with E-state index in [-0.39, 0.29) is 11.7 Å². The van der Waals surface area contributed by atoms with E-state index in [4.69, 9.17) is 10.5 Å². The van der Waals surface area contributed by atoms with Gasteiger partial charge in [-0.2, -0.15) is 5.10 Å². The van der Waals surface area contributed by atoms with Crippen LogP contribution in [0.5, 0.6) is 0 Å². The molecule has 1 unspecified atom stereocenters. The number of methoxy groups -OCH3 is 1. The first-order valence-corrected chi connectivity index (χ1v) is 6.85. The van der Waals surface area contributed by atoms with E-state index in [2.05, 4.69) is 21.0 Å². The van der Waals surface area contributed by atoms with Crippen molar-refractivity contribution in [2.24, 2.45) is 11.7 Å². The second kappa shape index (κ2) is 7.66. The quantitative estimate of drug-likeness (QED) is 0.743. The molecule has 0 aliphatic heterocycles. The Kier molecular flexibility index (Phi) is 6.52. The van der Waals surface area contributed by atoms with Crippen molar-refractivity contribution in [3.8, 4) is 0 Å². The molecule has 1 rings (SSSR count). The third-order valence-electron chi connectivity index (χ3n) is 2.82. The summed E-state index contributed by atoms with van der Waals surface area (Å²) in [7, 11) is 1.63. The van der Waals surface area contributed by atoms with Gasteiger partial charge in [0.2, 0.25) is 0 Å². The predicted octanol–water partition coefficient (Wildman–Crippen LogP) is 1.85. The first-order chi connectivity index (χ1) is 8.61. The molecule has 0 radical (unpaired) electrons. The monoisotopic (exact) mass is 317 g/mol. The lowest BCUT2D eigenvalue weighted by Gasteiger charge is -2.12. The van der Waals surface area contributed by atoms with E-state index in [0.717, 1.165) is 17.3 Å². The summed E-state index contributed by atoms with van der Waals surface area (Å²) < 4.78 is 7.44. The molecule has 0 saturated heterocycles. The Balaban J connectivity index is 2.80. The summed E-state index contributed by atoms with van der Waals surface area (Å²) in [5.74, 6) is 0.0618. The molecule has 6 heteroatoms. The van der Waals surface area contributed by atoms with Gasteiger partial charge in [0.15, 0.2) is 5.78 Å². The lowest BCUT2D eigenvalue weighted by atomic mass is 9.98. The van der Waals surface area contributed by atoms with Gasteiger partial charge >= 0.3 is 0 Å². The van der Waals surface area contributed by atoms with Gasteiger partial charge in [-0.25, -0.2) is 0 Å². The van der Waals surface area contributed by atoms with Crippen LogP contribution in [0, 0.1) is 5.92 Å². The van der Waals surface area contributed by atoms with Crippen molar-refractivity contribution in [2.75, 3.05) is 20.3 Å². The summed E-state index contributed by atoms with van der Waals surface area (Å²) in [5.41, 5.74) is 6.09. The third kappa shape index (κ3) is 3.90. The average molecular weight is 318 g/mol. The van der Waals surface area contributed by atoms with Gasteiger partial charge in [0, 0.05) is 13.0 Å². The number of ether oxygens (including phenoxy) is 1. The normalized spacial score (nSPS) is 12.7. The van der Waals surface area contributed by atoms with Crippen LogP contribution < -0.4 is 5.73 Å². The molecule has 102 valence electrons. The molecule has 0 spiro atoms. The van der Waals surface area contributed by atoms with Gasteiger partial charge in [0.25, 0.3) is 0 Å². The molecule has 0 aromatic carbocycles. The van der Waals surface area contributed by atoms with Crippen LogP contribution in [0.2, 0.25) is 0 Å². The Labute approximate surface area is 116 Å². The number of halogens is 1. The molecule has 2 N–H and O–H groups in total. The maximum absolute atomic E-state index is 12.3. The highest BCUT2D eigenvalue weighted by molar-refractivity contribution is 9.10. The number of Topliss-reactive ketones (excluding diaryl/α,β-unsaturated/α-hetero) is 1. The van der Waals surface area contributed by atoms with Gasteiger partial charge in [-0.05, 0) is 35.3 Å². The van der Waals surface area contributed by atoms with Gasteiger partial charge in [-0.15, -0.1) is 0 Å². The number of ketones is 1. The largest absolute Gasteiger partial charge is 0.383 e. The van der Waals surface area contributed by atoms with Crippen LogP contribution in [0.1, 0.15) is 30.3 Å². The molecule has 1 aromatic rings. The highest BCUT2D eigenvalue weighted by Crippen LogP contribution is 2.21. The van der Waals surface area contributed by atoms with Crippen LogP contribution in [-0.2, 0) is 11.3 Å². The fourth-order valence-corrected chi connectivity index (χ4v) is 2.23. The number of rotatable bonds is 8. The van der Waals surface area contributed by atoms with Crippen molar-refractivity contribution in [1.29, 1.82) is 0 Å². The lowest BCUT2D eigenvalue weighted by Crippen LogP contribution is -2.19. The number of carbonyl (C=O) groups excluding carboxylic acids is 1. The van der Waals surface area contributed by atoms with E-state index in [1.54, 1.807) is 18.0 Å². The summed E-state index contributed by atoms with van der Waals surface area (Å²) >= 11 is 3.38. The second-order valence-corrected chi connectivity index (χ2v) is 5.11. The van der Waals surface area contributed by atoms with E-state index in [9.17, 15) is 4.79 Å². The number of hydrogen-bond donors (Lipinski definition) is 1. The average Bonchev–Trinajstić information content (AvgIpc) is 2.73. The Morgan fingerprint density at radius 1 is 1.67 bits per heavy atom. The molecule has 1 heterocycles. The zero-order chi connectivity index (χ0) is 13.5. The van der Waals surface area contributed by atoms with Crippen LogP contribution in [0.15, 0.2) is 10.7 Å². The third-order valence-corrected chi connectivity index (χ3v) is 3.40. The molecule has 1 atom stereocenters. The smallest absolute Gasteiger partial charge is 0.184 e. The van der Waals surface area contributed by atoms with Crippen molar-refractivity contribution in [2.45, 2.75) is 26.3 Å². The molecule has 5 nitrogen and oxygen atoms in total. The fourth-order valence-electron chi connectivity index (χ4n) is 1.74. The Bertz CT molecular complexity index is 393. The van der Waals surface area contributed by atoms with E-state index in [1.807, 2.05) is 6.92 Å². The van der Waals surface area contributed by atoms with E-state index in [0.29, 0.717) is 25.4 Å². The molecule has 0 saturated carbocycles. The van der Waals surface area contributed by atoms with Gasteiger partial charge in [0.1, 0.15) is 5.69 Å². The van der Waals surface area contributed by atoms with Crippen LogP contribution in [0.4, 0.5) is 0 Å². The van der Waals surface area contributed by atoms with Crippen molar-refractivity contribution in [1.82, 2.24) is 9.78 Å². The summed E-state index contributed by atoms with van der Waals surface area (Å²) in [6.45, 7) is 3.65. The molecular weight excluding hydrogens is 298 g/mol. The number of nitrogens with two attached hydrogens (primary N) is 1. The first-order valence-electron chi connectivity index (χ1n) is 6.06. The van der Waals surface area contributed by atoms with Crippen LogP contribution in [0.25, 0.3) is 0 Å². The number of hydrogen-bond acceptors (Lipinski definition) is 4. The Morgan fingerprint density at radius 3 is 3.00 bits per heavy atom. The number of nitrogens with zero attached hydrogens (tertiary/aromatic N) is 2. The lowest BCUT2D eigenvalue weighted by molar-refractivity contribution is 0.0907. The summed E-state index contributed by atoms with van der Waals surface area (Å²) in [6.07, 6.45) is 3.31. The molecule has 18 heavy (non-hydrogen) atoms. The predicted molar refractivity (Wildman–Crippen MR) is 73.6 cm³/mol. The van der Waals surface area contributed by atoms with Crippen LogP contribution in [-0.4, -0.2) is 35.8 Å². The number of carbonyl (C=O) groups is 1. The van der Waals surface area contributed by atoms with Gasteiger partial charge in [0.05, 0.1) is 23.8 Å². The Hall–Kier alpha value is -0.720. The Morgan fingerprint density at radius 2 is 2.39 bits per heavy atom. The summed E-state index contributed by atoms with van der Waals surface area (Å²) in [5, 5.41) is 4.18. The maximum Gasteiger partial charge on any atom is 0.184 e. The summed E-state index contributed by atoms with van der Waals surface area (Å²) in [4.78, 5) is 12.3. The van der Waals surface area contributed by atoms with E-state index < -0.39 is 0 Å². The van der Waals surface area contributed by atoms with E-state index >= 15 is 0 Å².